The number of benzene rings is 1. The summed E-state index contributed by atoms with van der Waals surface area (Å²) in [6, 6.07) is 9.71. The van der Waals surface area contributed by atoms with E-state index < -0.39 is 6.10 Å². The third kappa shape index (κ3) is 7.14. The van der Waals surface area contributed by atoms with Crippen LogP contribution in [0.15, 0.2) is 41.5 Å². The van der Waals surface area contributed by atoms with Crippen LogP contribution in [0.1, 0.15) is 34.9 Å². The van der Waals surface area contributed by atoms with Gasteiger partial charge in [-0.2, -0.15) is 0 Å². The normalized spacial score (nSPS) is 12.4. The van der Waals surface area contributed by atoms with Gasteiger partial charge in [0.15, 0.2) is 5.96 Å². The molecule has 0 aliphatic carbocycles. The first kappa shape index (κ1) is 20.9. The molecule has 0 fully saturated rings. The minimum absolute atomic E-state index is 0. The second kappa shape index (κ2) is 11.4. The van der Waals surface area contributed by atoms with Gasteiger partial charge in [-0.1, -0.05) is 30.3 Å². The summed E-state index contributed by atoms with van der Waals surface area (Å²) < 4.78 is 0. The number of hydrogen-bond donors (Lipinski definition) is 3. The third-order valence-corrected chi connectivity index (χ3v) is 4.20. The molecular weight excluding hydrogens is 435 g/mol. The minimum atomic E-state index is -0.462. The lowest BCUT2D eigenvalue weighted by molar-refractivity contribution is 0.168. The lowest BCUT2D eigenvalue weighted by Gasteiger charge is -2.14. The van der Waals surface area contributed by atoms with Crippen LogP contribution in [0.4, 0.5) is 0 Å². The van der Waals surface area contributed by atoms with Gasteiger partial charge < -0.3 is 15.7 Å². The Labute approximate surface area is 164 Å². The Balaban J connectivity index is 0.00000288. The number of aliphatic imine (C=N–C) groups is 1. The van der Waals surface area contributed by atoms with Crippen molar-refractivity contribution in [3.63, 3.8) is 0 Å². The molecule has 0 amide bonds. The lowest BCUT2D eigenvalue weighted by atomic mass is 10.1. The van der Waals surface area contributed by atoms with Gasteiger partial charge in [-0.3, -0.25) is 0 Å². The summed E-state index contributed by atoms with van der Waals surface area (Å²) >= 11 is 1.66. The smallest absolute Gasteiger partial charge is 0.191 e. The van der Waals surface area contributed by atoms with Crippen molar-refractivity contribution >= 4 is 41.3 Å². The second-order valence-corrected chi connectivity index (χ2v) is 6.50. The molecule has 2 rings (SSSR count). The molecule has 1 aromatic heterocycles. The van der Waals surface area contributed by atoms with Crippen LogP contribution in [0.25, 0.3) is 0 Å². The summed E-state index contributed by atoms with van der Waals surface area (Å²) in [7, 11) is 0. The number of thiazole rings is 1. The zero-order chi connectivity index (χ0) is 16.5. The van der Waals surface area contributed by atoms with Crippen LogP contribution >= 0.6 is 35.3 Å². The number of aliphatic hydroxyl groups is 1. The van der Waals surface area contributed by atoms with E-state index in [9.17, 15) is 5.11 Å². The highest BCUT2D eigenvalue weighted by Gasteiger charge is 2.07. The van der Waals surface area contributed by atoms with E-state index in [1.54, 1.807) is 11.3 Å². The molecule has 0 saturated carbocycles. The van der Waals surface area contributed by atoms with Gasteiger partial charge in [0.1, 0.15) is 0 Å². The van der Waals surface area contributed by atoms with Crippen LogP contribution in [0.5, 0.6) is 0 Å². The molecule has 5 nitrogen and oxygen atoms in total. The fourth-order valence-electron chi connectivity index (χ4n) is 2.15. The Morgan fingerprint density at radius 3 is 2.67 bits per heavy atom. The average molecular weight is 460 g/mol. The zero-order valence-corrected chi connectivity index (χ0v) is 17.2. The maximum Gasteiger partial charge on any atom is 0.191 e. The van der Waals surface area contributed by atoms with Crippen molar-refractivity contribution < 1.29 is 5.11 Å². The number of hydrogen-bond acceptors (Lipinski definition) is 4. The minimum Gasteiger partial charge on any atom is -0.388 e. The van der Waals surface area contributed by atoms with E-state index in [-0.39, 0.29) is 24.0 Å². The Hall–Kier alpha value is -1.19. The molecular formula is C17H25IN4OS. The highest BCUT2D eigenvalue weighted by atomic mass is 127. The monoisotopic (exact) mass is 460 g/mol. The summed E-state index contributed by atoms with van der Waals surface area (Å²) in [5, 5.41) is 17.7. The maximum atomic E-state index is 10.2. The van der Waals surface area contributed by atoms with E-state index in [0.717, 1.165) is 28.0 Å². The molecule has 0 aliphatic heterocycles. The van der Waals surface area contributed by atoms with E-state index in [0.29, 0.717) is 19.5 Å². The number of guanidine groups is 1. The molecule has 132 valence electrons. The van der Waals surface area contributed by atoms with E-state index in [1.165, 1.54) is 0 Å². The van der Waals surface area contributed by atoms with Crippen molar-refractivity contribution in [3.8, 4) is 0 Å². The van der Waals surface area contributed by atoms with Crippen LogP contribution in [0, 0.1) is 6.92 Å². The Morgan fingerprint density at radius 2 is 2.04 bits per heavy atom. The van der Waals surface area contributed by atoms with Gasteiger partial charge in [-0.25, -0.2) is 9.98 Å². The molecule has 24 heavy (non-hydrogen) atoms. The van der Waals surface area contributed by atoms with Gasteiger partial charge in [0.2, 0.25) is 0 Å². The number of aliphatic hydroxyl groups excluding tert-OH is 1. The van der Waals surface area contributed by atoms with E-state index in [1.807, 2.05) is 50.4 Å². The topological polar surface area (TPSA) is 69.5 Å². The van der Waals surface area contributed by atoms with Gasteiger partial charge >= 0.3 is 0 Å². The maximum absolute atomic E-state index is 10.2. The third-order valence-electron chi connectivity index (χ3n) is 3.30. The van der Waals surface area contributed by atoms with Gasteiger partial charge in [-0.05, 0) is 25.8 Å². The van der Waals surface area contributed by atoms with Gasteiger partial charge in [-0.15, -0.1) is 35.3 Å². The van der Waals surface area contributed by atoms with Crippen molar-refractivity contribution in [2.24, 2.45) is 4.99 Å². The molecule has 1 atom stereocenters. The SMILES string of the molecule is CCNC(=NCc1cnc(C)s1)NCCC(O)c1ccccc1.I. The molecule has 1 unspecified atom stereocenters. The summed E-state index contributed by atoms with van der Waals surface area (Å²) in [4.78, 5) is 9.93. The highest BCUT2D eigenvalue weighted by molar-refractivity contribution is 14.0. The van der Waals surface area contributed by atoms with Crippen molar-refractivity contribution in [2.45, 2.75) is 32.9 Å². The molecule has 1 heterocycles. The standard InChI is InChI=1S/C17H24N4OS.HI/c1-3-18-17(21-12-15-11-20-13(2)23-15)19-10-9-16(22)14-7-5-4-6-8-14;/h4-8,11,16,22H,3,9-10,12H2,1-2H3,(H2,18,19,21);1H. The number of halogens is 1. The molecule has 0 spiro atoms. The molecule has 7 heteroatoms. The molecule has 0 aliphatic rings. The number of nitrogens with one attached hydrogen (secondary N) is 2. The lowest BCUT2D eigenvalue weighted by Crippen LogP contribution is -2.38. The van der Waals surface area contributed by atoms with Crippen LogP contribution in [-0.2, 0) is 6.54 Å². The Bertz CT molecular complexity index is 618. The number of aromatic nitrogens is 1. The van der Waals surface area contributed by atoms with Crippen LogP contribution in [-0.4, -0.2) is 29.1 Å². The summed E-state index contributed by atoms with van der Waals surface area (Å²) in [6.07, 6.45) is 2.04. The number of aryl methyl sites for hydroxylation is 1. The zero-order valence-electron chi connectivity index (χ0n) is 14.0. The second-order valence-electron chi connectivity index (χ2n) is 5.18. The fourth-order valence-corrected chi connectivity index (χ4v) is 2.87. The van der Waals surface area contributed by atoms with E-state index in [4.69, 9.17) is 0 Å². The van der Waals surface area contributed by atoms with Crippen LogP contribution in [0.2, 0.25) is 0 Å². The first-order valence-corrected chi connectivity index (χ1v) is 8.67. The number of nitrogens with zero attached hydrogens (tertiary/aromatic N) is 2. The Kier molecular flexibility index (Phi) is 9.89. The molecule has 0 radical (unpaired) electrons. The molecule has 3 N–H and O–H groups in total. The molecule has 1 aromatic carbocycles. The fraction of sp³-hybridized carbons (Fsp3) is 0.412. The van der Waals surface area contributed by atoms with Gasteiger partial charge in [0.05, 0.1) is 17.7 Å². The number of rotatable bonds is 7. The van der Waals surface area contributed by atoms with E-state index >= 15 is 0 Å². The van der Waals surface area contributed by atoms with Crippen molar-refractivity contribution in [1.82, 2.24) is 15.6 Å². The largest absolute Gasteiger partial charge is 0.388 e. The molecule has 0 saturated heterocycles. The Morgan fingerprint density at radius 1 is 1.29 bits per heavy atom. The first-order valence-electron chi connectivity index (χ1n) is 7.85. The van der Waals surface area contributed by atoms with E-state index in [2.05, 4.69) is 20.6 Å². The van der Waals surface area contributed by atoms with Crippen LogP contribution < -0.4 is 10.6 Å². The van der Waals surface area contributed by atoms with Gasteiger partial charge in [0, 0.05) is 24.2 Å². The summed E-state index contributed by atoms with van der Waals surface area (Å²) in [5.74, 6) is 0.763. The van der Waals surface area contributed by atoms with Gasteiger partial charge in [0.25, 0.3) is 0 Å². The predicted octanol–water partition coefficient (Wildman–Crippen LogP) is 3.25. The van der Waals surface area contributed by atoms with Crippen molar-refractivity contribution in [1.29, 1.82) is 0 Å². The average Bonchev–Trinajstić information content (AvgIpc) is 2.99. The van der Waals surface area contributed by atoms with Crippen molar-refractivity contribution in [3.05, 3.63) is 52.0 Å². The van der Waals surface area contributed by atoms with Crippen molar-refractivity contribution in [2.75, 3.05) is 13.1 Å². The quantitative estimate of drug-likeness (QED) is 0.337. The summed E-state index contributed by atoms with van der Waals surface area (Å²) in [5.41, 5.74) is 0.941. The van der Waals surface area contributed by atoms with Crippen LogP contribution in [0.3, 0.4) is 0 Å². The predicted molar refractivity (Wildman–Crippen MR) is 111 cm³/mol. The highest BCUT2D eigenvalue weighted by Crippen LogP contribution is 2.15. The first-order chi connectivity index (χ1) is 11.2. The molecule has 0 bridgehead atoms. The summed E-state index contributed by atoms with van der Waals surface area (Å²) in [6.45, 7) is 6.10. The molecule has 2 aromatic rings.